The second kappa shape index (κ2) is 4.99. The number of rotatable bonds is 5. The smallest absolute Gasteiger partial charge is 0.341 e. The molecule has 2 rings (SSSR count). The number of nitrogens with one attached hydrogen (secondary N) is 1. The van der Waals surface area contributed by atoms with Crippen molar-refractivity contribution in [3.63, 3.8) is 0 Å². The third-order valence-electron chi connectivity index (χ3n) is 2.33. The fourth-order valence-electron chi connectivity index (χ4n) is 1.33. The molecule has 2 N–H and O–H groups in total. The summed E-state index contributed by atoms with van der Waals surface area (Å²) in [5.74, 6) is -2.75. The van der Waals surface area contributed by atoms with Crippen LogP contribution >= 0.6 is 0 Å². The molecule has 0 aliphatic heterocycles. The van der Waals surface area contributed by atoms with Crippen molar-refractivity contribution in [3.8, 4) is 5.88 Å². The van der Waals surface area contributed by atoms with E-state index in [1.165, 1.54) is 0 Å². The van der Waals surface area contributed by atoms with Gasteiger partial charge < -0.3 is 15.2 Å². The molecule has 1 aromatic rings. The third-order valence-corrected chi connectivity index (χ3v) is 2.33. The molecule has 1 saturated carbocycles. The van der Waals surface area contributed by atoms with Crippen molar-refractivity contribution >= 4 is 11.9 Å². The number of aromatic carboxylic acids is 1. The number of nitrogens with zero attached hydrogens (tertiary/aromatic N) is 1. The van der Waals surface area contributed by atoms with E-state index in [4.69, 9.17) is 9.84 Å². The monoisotopic (exact) mass is 254 g/mol. The van der Waals surface area contributed by atoms with Gasteiger partial charge in [0.1, 0.15) is 11.4 Å². The molecule has 0 radical (unpaired) electrons. The number of pyridine rings is 1. The summed E-state index contributed by atoms with van der Waals surface area (Å²) < 4.78 is 17.8. The Labute approximate surface area is 102 Å². The number of carbonyl (C=O) groups excluding carboxylic acids is 1. The van der Waals surface area contributed by atoms with Crippen molar-refractivity contribution in [2.24, 2.45) is 0 Å². The quantitative estimate of drug-likeness (QED) is 0.802. The summed E-state index contributed by atoms with van der Waals surface area (Å²) in [5.41, 5.74) is -0.408. The van der Waals surface area contributed by atoms with Crippen molar-refractivity contribution in [2.75, 3.05) is 6.61 Å². The molecule has 1 aromatic heterocycles. The standard InChI is InChI=1S/C11H11FN2O4/c12-6-3-8(11(16)17)10(13-4-6)18-5-9(15)14-7-1-2-7/h3-4,7H,1-2,5H2,(H,14,15)(H,16,17). The van der Waals surface area contributed by atoms with Crippen molar-refractivity contribution < 1.29 is 23.8 Å². The molecule has 1 heterocycles. The lowest BCUT2D eigenvalue weighted by Crippen LogP contribution is -2.30. The van der Waals surface area contributed by atoms with Crippen molar-refractivity contribution in [2.45, 2.75) is 18.9 Å². The van der Waals surface area contributed by atoms with E-state index in [2.05, 4.69) is 10.3 Å². The van der Waals surface area contributed by atoms with Gasteiger partial charge in [-0.05, 0) is 18.9 Å². The predicted molar refractivity (Wildman–Crippen MR) is 57.8 cm³/mol. The maximum atomic E-state index is 12.8. The number of aromatic nitrogens is 1. The van der Waals surface area contributed by atoms with Gasteiger partial charge in [0.15, 0.2) is 6.61 Å². The summed E-state index contributed by atoms with van der Waals surface area (Å²) in [4.78, 5) is 25.7. The topological polar surface area (TPSA) is 88.5 Å². The molecule has 1 aliphatic rings. The number of halogens is 1. The van der Waals surface area contributed by atoms with Gasteiger partial charge in [-0.1, -0.05) is 0 Å². The molecular formula is C11H11FN2O4. The van der Waals surface area contributed by atoms with E-state index in [1.807, 2.05) is 0 Å². The van der Waals surface area contributed by atoms with E-state index in [-0.39, 0.29) is 24.4 Å². The first kappa shape index (κ1) is 12.3. The van der Waals surface area contributed by atoms with Gasteiger partial charge in [0.25, 0.3) is 5.91 Å². The third kappa shape index (κ3) is 3.16. The maximum absolute atomic E-state index is 12.8. The minimum atomic E-state index is -1.36. The number of carboxylic acids is 1. The molecule has 1 fully saturated rings. The van der Waals surface area contributed by atoms with Gasteiger partial charge in [-0.2, -0.15) is 0 Å². The Morgan fingerprint density at radius 2 is 2.28 bits per heavy atom. The van der Waals surface area contributed by atoms with E-state index in [9.17, 15) is 14.0 Å². The molecule has 1 aliphatic carbocycles. The molecule has 6 nitrogen and oxygen atoms in total. The second-order valence-electron chi connectivity index (χ2n) is 3.94. The lowest BCUT2D eigenvalue weighted by Gasteiger charge is -2.08. The largest absolute Gasteiger partial charge is 0.477 e. The Bertz CT molecular complexity index is 488. The van der Waals surface area contributed by atoms with Crippen LogP contribution in [0.2, 0.25) is 0 Å². The Kier molecular flexibility index (Phi) is 3.40. The second-order valence-corrected chi connectivity index (χ2v) is 3.94. The number of amides is 1. The average molecular weight is 254 g/mol. The molecule has 0 atom stereocenters. The van der Waals surface area contributed by atoms with Gasteiger partial charge in [0, 0.05) is 6.04 Å². The van der Waals surface area contributed by atoms with Crippen LogP contribution in [0.5, 0.6) is 5.88 Å². The summed E-state index contributed by atoms with van der Waals surface area (Å²) in [6, 6.07) is 0.991. The van der Waals surface area contributed by atoms with Crippen LogP contribution in [0, 0.1) is 5.82 Å². The fraction of sp³-hybridized carbons (Fsp3) is 0.364. The normalized spacial score (nSPS) is 14.1. The molecular weight excluding hydrogens is 243 g/mol. The SMILES string of the molecule is O=C(COc1ncc(F)cc1C(=O)O)NC1CC1. The van der Waals surface area contributed by atoms with Gasteiger partial charge >= 0.3 is 5.97 Å². The van der Waals surface area contributed by atoms with Gasteiger partial charge in [-0.15, -0.1) is 0 Å². The Balaban J connectivity index is 1.99. The summed E-state index contributed by atoms with van der Waals surface area (Å²) >= 11 is 0. The number of carboxylic acid groups (broad SMARTS) is 1. The van der Waals surface area contributed by atoms with Crippen molar-refractivity contribution in [3.05, 3.63) is 23.6 Å². The highest BCUT2D eigenvalue weighted by molar-refractivity contribution is 5.90. The molecule has 96 valence electrons. The highest BCUT2D eigenvalue weighted by Gasteiger charge is 2.23. The van der Waals surface area contributed by atoms with Gasteiger partial charge in [-0.3, -0.25) is 4.79 Å². The molecule has 1 amide bonds. The summed E-state index contributed by atoms with van der Waals surface area (Å²) in [6.45, 7) is -0.338. The number of carbonyl (C=O) groups is 2. The molecule has 0 unspecified atom stereocenters. The average Bonchev–Trinajstić information content (AvgIpc) is 3.11. The zero-order valence-electron chi connectivity index (χ0n) is 9.35. The lowest BCUT2D eigenvalue weighted by molar-refractivity contribution is -0.123. The first-order valence-electron chi connectivity index (χ1n) is 5.37. The van der Waals surface area contributed by atoms with E-state index >= 15 is 0 Å². The van der Waals surface area contributed by atoms with Crippen LogP contribution in [0.3, 0.4) is 0 Å². The summed E-state index contributed by atoms with van der Waals surface area (Å²) in [6.07, 6.45) is 2.72. The highest BCUT2D eigenvalue weighted by atomic mass is 19.1. The van der Waals surface area contributed by atoms with E-state index < -0.39 is 17.3 Å². The van der Waals surface area contributed by atoms with E-state index in [0.717, 1.165) is 25.1 Å². The number of hydrogen-bond donors (Lipinski definition) is 2. The van der Waals surface area contributed by atoms with Crippen LogP contribution < -0.4 is 10.1 Å². The molecule has 0 spiro atoms. The van der Waals surface area contributed by atoms with Crippen LogP contribution in [-0.4, -0.2) is 34.6 Å². The highest BCUT2D eigenvalue weighted by Crippen LogP contribution is 2.19. The minimum absolute atomic E-state index is 0.196. The zero-order chi connectivity index (χ0) is 13.1. The summed E-state index contributed by atoms with van der Waals surface area (Å²) in [7, 11) is 0. The van der Waals surface area contributed by atoms with Gasteiger partial charge in [0.2, 0.25) is 5.88 Å². The predicted octanol–water partition coefficient (Wildman–Crippen LogP) is 0.576. The van der Waals surface area contributed by atoms with Crippen molar-refractivity contribution in [1.29, 1.82) is 0 Å². The lowest BCUT2D eigenvalue weighted by atomic mass is 10.3. The first-order valence-corrected chi connectivity index (χ1v) is 5.37. The molecule has 0 saturated heterocycles. The molecule has 0 bridgehead atoms. The van der Waals surface area contributed by atoms with Crippen LogP contribution in [0.1, 0.15) is 23.2 Å². The minimum Gasteiger partial charge on any atom is -0.477 e. The van der Waals surface area contributed by atoms with Gasteiger partial charge in [-0.25, -0.2) is 14.2 Å². The Hall–Kier alpha value is -2.18. The summed E-state index contributed by atoms with van der Waals surface area (Å²) in [5, 5.41) is 11.5. The van der Waals surface area contributed by atoms with Crippen LogP contribution in [-0.2, 0) is 4.79 Å². The van der Waals surface area contributed by atoms with Crippen molar-refractivity contribution in [1.82, 2.24) is 10.3 Å². The number of ether oxygens (including phenoxy) is 1. The number of hydrogen-bond acceptors (Lipinski definition) is 4. The van der Waals surface area contributed by atoms with E-state index in [0.29, 0.717) is 0 Å². The maximum Gasteiger partial charge on any atom is 0.341 e. The van der Waals surface area contributed by atoms with E-state index in [1.54, 1.807) is 0 Å². The molecule has 0 aromatic carbocycles. The molecule has 7 heteroatoms. The van der Waals surface area contributed by atoms with Crippen LogP contribution in [0.4, 0.5) is 4.39 Å². The van der Waals surface area contributed by atoms with Gasteiger partial charge in [0.05, 0.1) is 6.20 Å². The van der Waals surface area contributed by atoms with Crippen LogP contribution in [0.15, 0.2) is 12.3 Å². The fourth-order valence-corrected chi connectivity index (χ4v) is 1.33. The zero-order valence-corrected chi connectivity index (χ0v) is 9.35. The Morgan fingerprint density at radius 1 is 1.56 bits per heavy atom. The Morgan fingerprint density at radius 3 is 2.89 bits per heavy atom. The first-order chi connectivity index (χ1) is 8.56. The molecule has 18 heavy (non-hydrogen) atoms. The van der Waals surface area contributed by atoms with Crippen LogP contribution in [0.25, 0.3) is 0 Å².